The maximum absolute atomic E-state index is 13.4. The Morgan fingerprint density at radius 2 is 1.17 bits per heavy atom. The van der Waals surface area contributed by atoms with Crippen molar-refractivity contribution in [2.45, 2.75) is 58.3 Å². The highest BCUT2D eigenvalue weighted by Gasteiger charge is 2.30. The van der Waals surface area contributed by atoms with Gasteiger partial charge in [-0.1, -0.05) is 0 Å². The number of phenols is 2. The van der Waals surface area contributed by atoms with E-state index in [2.05, 4.69) is 0 Å². The van der Waals surface area contributed by atoms with E-state index in [0.29, 0.717) is 33.4 Å². The molecule has 0 saturated carbocycles. The Labute approximate surface area is 143 Å². The molecule has 0 radical (unpaired) electrons. The van der Waals surface area contributed by atoms with Crippen LogP contribution in [0, 0.1) is 48.5 Å². The number of phenolic OH excluding ortho intramolecular Hbond substituents is 2. The van der Waals surface area contributed by atoms with E-state index in [4.69, 9.17) is 0 Å². The van der Waals surface area contributed by atoms with E-state index in [1.54, 1.807) is 41.5 Å². The van der Waals surface area contributed by atoms with Gasteiger partial charge in [-0.25, -0.2) is 8.42 Å². The zero-order valence-electron chi connectivity index (χ0n) is 15.2. The molecule has 24 heavy (non-hydrogen) atoms. The second-order valence-electron chi connectivity index (χ2n) is 6.47. The molecule has 5 heteroatoms. The molecule has 0 amide bonds. The molecule has 0 unspecified atom stereocenters. The van der Waals surface area contributed by atoms with Gasteiger partial charge < -0.3 is 10.2 Å². The second kappa shape index (κ2) is 5.81. The third-order valence-electron chi connectivity index (χ3n) is 5.05. The molecule has 0 spiro atoms. The fourth-order valence-corrected chi connectivity index (χ4v) is 5.55. The molecule has 2 aromatic carbocycles. The maximum atomic E-state index is 13.4. The van der Waals surface area contributed by atoms with Gasteiger partial charge in [0.25, 0.3) is 0 Å². The van der Waals surface area contributed by atoms with Crippen LogP contribution in [0.1, 0.15) is 38.9 Å². The molecule has 2 N–H and O–H groups in total. The molecule has 2 aromatic rings. The summed E-state index contributed by atoms with van der Waals surface area (Å²) in [4.78, 5) is 0.353. The summed E-state index contributed by atoms with van der Waals surface area (Å²) in [5.41, 5.74) is 4.04. The summed E-state index contributed by atoms with van der Waals surface area (Å²) < 4.78 is 26.8. The lowest BCUT2D eigenvalue weighted by atomic mass is 9.99. The zero-order valence-corrected chi connectivity index (χ0v) is 16.0. The smallest absolute Gasteiger partial charge is 0.207 e. The van der Waals surface area contributed by atoms with Crippen molar-refractivity contribution < 1.29 is 18.6 Å². The fraction of sp³-hybridized carbons (Fsp3) is 0.368. The highest BCUT2D eigenvalue weighted by Crippen LogP contribution is 2.40. The molecule has 0 aromatic heterocycles. The number of aromatic hydroxyl groups is 2. The van der Waals surface area contributed by atoms with Crippen LogP contribution in [0.5, 0.6) is 11.5 Å². The normalized spacial score (nSPS) is 11.8. The van der Waals surface area contributed by atoms with Crippen LogP contribution in [0.15, 0.2) is 15.9 Å². The van der Waals surface area contributed by atoms with Crippen LogP contribution in [0.25, 0.3) is 0 Å². The van der Waals surface area contributed by atoms with Crippen molar-refractivity contribution in [2.75, 3.05) is 0 Å². The van der Waals surface area contributed by atoms with E-state index in [1.165, 1.54) is 6.07 Å². The quantitative estimate of drug-likeness (QED) is 0.857. The Hall–Kier alpha value is -2.01. The largest absolute Gasteiger partial charge is 0.508 e. The van der Waals surface area contributed by atoms with Crippen LogP contribution in [0.3, 0.4) is 0 Å². The second-order valence-corrected chi connectivity index (χ2v) is 8.30. The average molecular weight is 348 g/mol. The predicted molar refractivity (Wildman–Crippen MR) is 94.8 cm³/mol. The summed E-state index contributed by atoms with van der Waals surface area (Å²) in [5.74, 6) is 0.0998. The molecular formula is C19H24O4S. The van der Waals surface area contributed by atoms with Crippen molar-refractivity contribution in [2.24, 2.45) is 0 Å². The van der Waals surface area contributed by atoms with Crippen LogP contribution < -0.4 is 0 Å². The molecule has 0 aliphatic rings. The van der Waals surface area contributed by atoms with Crippen LogP contribution in [0.2, 0.25) is 0 Å². The minimum Gasteiger partial charge on any atom is -0.508 e. The standard InChI is InChI=1S/C19H24O4S/c1-9-8-16(20)11(3)14(6)18(9)24(22,23)19-13(5)10(2)12(4)17(21)15(19)7/h8,20-21H,1-7H3. The first-order chi connectivity index (χ1) is 10.9. The topological polar surface area (TPSA) is 74.6 Å². The van der Waals surface area contributed by atoms with E-state index in [-0.39, 0.29) is 21.3 Å². The number of aryl methyl sites for hydroxylation is 1. The molecule has 0 aliphatic heterocycles. The summed E-state index contributed by atoms with van der Waals surface area (Å²) in [6.45, 7) is 12.0. The summed E-state index contributed by atoms with van der Waals surface area (Å²) >= 11 is 0. The van der Waals surface area contributed by atoms with Crippen molar-refractivity contribution >= 4 is 9.84 Å². The fourth-order valence-electron chi connectivity index (χ4n) is 3.25. The highest BCUT2D eigenvalue weighted by molar-refractivity contribution is 7.91. The van der Waals surface area contributed by atoms with Crippen LogP contribution in [-0.4, -0.2) is 18.6 Å². The molecule has 0 fully saturated rings. The molecule has 2 rings (SSSR count). The predicted octanol–water partition coefficient (Wildman–Crippen LogP) is 4.09. The summed E-state index contributed by atoms with van der Waals surface area (Å²) in [7, 11) is -3.83. The maximum Gasteiger partial charge on any atom is 0.207 e. The van der Waals surface area contributed by atoms with Gasteiger partial charge in [0.15, 0.2) is 0 Å². The van der Waals surface area contributed by atoms with Gasteiger partial charge in [-0.05, 0) is 87.9 Å². The van der Waals surface area contributed by atoms with Gasteiger partial charge in [-0.3, -0.25) is 0 Å². The monoisotopic (exact) mass is 348 g/mol. The first-order valence-corrected chi connectivity index (χ1v) is 9.25. The average Bonchev–Trinajstić information content (AvgIpc) is 2.48. The van der Waals surface area contributed by atoms with Gasteiger partial charge >= 0.3 is 0 Å². The Kier molecular flexibility index (Phi) is 4.44. The van der Waals surface area contributed by atoms with Crippen molar-refractivity contribution in [3.8, 4) is 11.5 Å². The van der Waals surface area contributed by atoms with Gasteiger partial charge in [-0.2, -0.15) is 0 Å². The van der Waals surface area contributed by atoms with Crippen LogP contribution >= 0.6 is 0 Å². The van der Waals surface area contributed by atoms with Crippen molar-refractivity contribution in [3.63, 3.8) is 0 Å². The molecular weight excluding hydrogens is 324 g/mol. The Morgan fingerprint density at radius 1 is 0.667 bits per heavy atom. The molecule has 0 aliphatic carbocycles. The number of hydrogen-bond donors (Lipinski definition) is 2. The first-order valence-electron chi connectivity index (χ1n) is 7.77. The third-order valence-corrected chi connectivity index (χ3v) is 7.37. The van der Waals surface area contributed by atoms with E-state index >= 15 is 0 Å². The van der Waals surface area contributed by atoms with E-state index < -0.39 is 9.84 Å². The lowest BCUT2D eigenvalue weighted by Gasteiger charge is -2.20. The van der Waals surface area contributed by atoms with Crippen LogP contribution in [0.4, 0.5) is 0 Å². The number of benzene rings is 2. The van der Waals surface area contributed by atoms with Gasteiger partial charge in [0, 0.05) is 5.56 Å². The summed E-state index contributed by atoms with van der Waals surface area (Å²) in [6.07, 6.45) is 0. The van der Waals surface area contributed by atoms with Crippen LogP contribution in [-0.2, 0) is 9.84 Å². The van der Waals surface area contributed by atoms with E-state index in [0.717, 1.165) is 5.56 Å². The van der Waals surface area contributed by atoms with Crippen molar-refractivity contribution in [1.29, 1.82) is 0 Å². The SMILES string of the molecule is Cc1cc(O)c(C)c(C)c1S(=O)(=O)c1c(C)c(C)c(C)c(O)c1C. The Bertz CT molecular complexity index is 925. The van der Waals surface area contributed by atoms with Gasteiger partial charge in [-0.15, -0.1) is 0 Å². The minimum absolute atomic E-state index is 0.0162. The lowest BCUT2D eigenvalue weighted by Crippen LogP contribution is -2.12. The number of rotatable bonds is 2. The highest BCUT2D eigenvalue weighted by atomic mass is 32.2. The zero-order chi connectivity index (χ0) is 18.6. The lowest BCUT2D eigenvalue weighted by molar-refractivity contribution is 0.462. The van der Waals surface area contributed by atoms with Gasteiger partial charge in [0.2, 0.25) is 9.84 Å². The molecule has 0 saturated heterocycles. The third kappa shape index (κ3) is 2.47. The molecule has 4 nitrogen and oxygen atoms in total. The van der Waals surface area contributed by atoms with Crippen molar-refractivity contribution in [1.82, 2.24) is 0 Å². The molecule has 0 atom stereocenters. The first kappa shape index (κ1) is 18.3. The van der Waals surface area contributed by atoms with Gasteiger partial charge in [0.05, 0.1) is 9.79 Å². The van der Waals surface area contributed by atoms with E-state index in [9.17, 15) is 18.6 Å². The van der Waals surface area contributed by atoms with E-state index in [1.807, 2.05) is 6.92 Å². The summed E-state index contributed by atoms with van der Waals surface area (Å²) in [5, 5.41) is 20.3. The Balaban J connectivity index is 2.97. The minimum atomic E-state index is -3.83. The summed E-state index contributed by atoms with van der Waals surface area (Å²) in [6, 6.07) is 1.47. The van der Waals surface area contributed by atoms with Crippen molar-refractivity contribution in [3.05, 3.63) is 45.0 Å². The van der Waals surface area contributed by atoms with Gasteiger partial charge in [0.1, 0.15) is 11.5 Å². The molecule has 0 bridgehead atoms. The number of sulfone groups is 1. The number of hydrogen-bond acceptors (Lipinski definition) is 4. The Morgan fingerprint density at radius 3 is 1.71 bits per heavy atom. The molecule has 0 heterocycles. The molecule has 130 valence electrons.